The Morgan fingerprint density at radius 3 is 2.33 bits per heavy atom. The standard InChI is InChI=1S/C10H17O2/c1-10(9-12)7-5-3-2-4-6-8-11/h8-9H,2-7H2,1H3. The fourth-order valence-corrected chi connectivity index (χ4v) is 1.04. The molecule has 0 aromatic rings. The topological polar surface area (TPSA) is 34.1 Å². The van der Waals surface area contributed by atoms with Crippen LogP contribution < -0.4 is 0 Å². The van der Waals surface area contributed by atoms with Crippen LogP contribution in [0.2, 0.25) is 0 Å². The molecule has 12 heavy (non-hydrogen) atoms. The van der Waals surface area contributed by atoms with Gasteiger partial charge in [0.05, 0.1) is 0 Å². The van der Waals surface area contributed by atoms with Crippen molar-refractivity contribution in [2.75, 3.05) is 0 Å². The van der Waals surface area contributed by atoms with Crippen LogP contribution in [0.4, 0.5) is 0 Å². The van der Waals surface area contributed by atoms with Crippen LogP contribution in [0.1, 0.15) is 45.4 Å². The molecule has 0 aliphatic rings. The van der Waals surface area contributed by atoms with Gasteiger partial charge in [0.25, 0.3) is 0 Å². The van der Waals surface area contributed by atoms with Crippen molar-refractivity contribution in [1.29, 1.82) is 0 Å². The molecular formula is C10H17O2. The second-order valence-electron chi connectivity index (χ2n) is 3.08. The monoisotopic (exact) mass is 169 g/mol. The Balaban J connectivity index is 2.99. The van der Waals surface area contributed by atoms with Crippen molar-refractivity contribution in [2.24, 2.45) is 0 Å². The fraction of sp³-hybridized carbons (Fsp3) is 0.700. The quantitative estimate of drug-likeness (QED) is 0.413. The molecule has 0 heterocycles. The highest BCUT2D eigenvalue weighted by molar-refractivity contribution is 5.67. The van der Waals surface area contributed by atoms with Gasteiger partial charge in [-0.1, -0.05) is 26.2 Å². The van der Waals surface area contributed by atoms with E-state index in [1.807, 2.05) is 6.92 Å². The van der Waals surface area contributed by atoms with E-state index in [9.17, 15) is 9.59 Å². The highest BCUT2D eigenvalue weighted by Gasteiger charge is 1.98. The summed E-state index contributed by atoms with van der Waals surface area (Å²) in [5, 5.41) is 0. The molecule has 0 aromatic carbocycles. The first-order chi connectivity index (χ1) is 5.81. The molecule has 69 valence electrons. The molecule has 0 amide bonds. The first-order valence-corrected chi connectivity index (χ1v) is 4.52. The summed E-state index contributed by atoms with van der Waals surface area (Å²) in [7, 11) is 0. The molecule has 0 bridgehead atoms. The molecule has 0 rings (SSSR count). The molecule has 2 nitrogen and oxygen atoms in total. The highest BCUT2D eigenvalue weighted by Crippen LogP contribution is 2.10. The number of carbonyl (C=O) groups excluding carboxylic acids is 2. The summed E-state index contributed by atoms with van der Waals surface area (Å²) in [6, 6.07) is 0. The second kappa shape index (κ2) is 8.44. The van der Waals surface area contributed by atoms with E-state index in [2.05, 4.69) is 0 Å². The molecule has 0 fully saturated rings. The summed E-state index contributed by atoms with van der Waals surface area (Å²) < 4.78 is 0. The first kappa shape index (κ1) is 11.3. The molecule has 0 N–H and O–H groups in total. The van der Waals surface area contributed by atoms with E-state index in [-0.39, 0.29) is 0 Å². The molecule has 0 atom stereocenters. The van der Waals surface area contributed by atoms with E-state index in [4.69, 9.17) is 0 Å². The Morgan fingerprint density at radius 2 is 1.75 bits per heavy atom. The Bertz CT molecular complexity index is 121. The zero-order valence-electron chi connectivity index (χ0n) is 7.71. The fourth-order valence-electron chi connectivity index (χ4n) is 1.04. The number of unbranched alkanes of at least 4 members (excludes halogenated alkanes) is 4. The lowest BCUT2D eigenvalue weighted by molar-refractivity contribution is -0.108. The zero-order valence-corrected chi connectivity index (χ0v) is 7.71. The van der Waals surface area contributed by atoms with Crippen molar-refractivity contribution in [1.82, 2.24) is 0 Å². The van der Waals surface area contributed by atoms with Gasteiger partial charge < -0.3 is 9.59 Å². The van der Waals surface area contributed by atoms with Gasteiger partial charge in [0.2, 0.25) is 0 Å². The molecule has 1 radical (unpaired) electrons. The first-order valence-electron chi connectivity index (χ1n) is 4.52. The van der Waals surface area contributed by atoms with Gasteiger partial charge in [0.15, 0.2) is 0 Å². The summed E-state index contributed by atoms with van der Waals surface area (Å²) >= 11 is 0. The maximum atomic E-state index is 10.2. The van der Waals surface area contributed by atoms with Crippen molar-refractivity contribution in [2.45, 2.75) is 45.4 Å². The van der Waals surface area contributed by atoms with Gasteiger partial charge in [0, 0.05) is 12.3 Å². The molecule has 0 unspecified atom stereocenters. The van der Waals surface area contributed by atoms with Crippen LogP contribution >= 0.6 is 0 Å². The maximum absolute atomic E-state index is 10.2. The van der Waals surface area contributed by atoms with E-state index in [1.165, 1.54) is 0 Å². The summed E-state index contributed by atoms with van der Waals surface area (Å²) in [4.78, 5) is 20.1. The Kier molecular flexibility index (Phi) is 7.97. The van der Waals surface area contributed by atoms with E-state index in [1.54, 1.807) is 0 Å². The van der Waals surface area contributed by atoms with Gasteiger partial charge in [-0.25, -0.2) is 0 Å². The second-order valence-corrected chi connectivity index (χ2v) is 3.08. The number of rotatable bonds is 8. The van der Waals surface area contributed by atoms with Gasteiger partial charge in [-0.05, 0) is 12.8 Å². The summed E-state index contributed by atoms with van der Waals surface area (Å²) in [5.41, 5.74) is 0. The highest BCUT2D eigenvalue weighted by atomic mass is 16.1. The summed E-state index contributed by atoms with van der Waals surface area (Å²) in [6.07, 6.45) is 7.76. The predicted molar refractivity (Wildman–Crippen MR) is 48.7 cm³/mol. The molecule has 0 saturated heterocycles. The van der Waals surface area contributed by atoms with Gasteiger partial charge in [0.1, 0.15) is 12.6 Å². The smallest absolute Gasteiger partial charge is 0.126 e. The number of hydrogen-bond donors (Lipinski definition) is 0. The van der Waals surface area contributed by atoms with E-state index >= 15 is 0 Å². The van der Waals surface area contributed by atoms with Gasteiger partial charge in [-0.2, -0.15) is 0 Å². The molecule has 2 heteroatoms. The lowest BCUT2D eigenvalue weighted by Gasteiger charge is -2.01. The zero-order chi connectivity index (χ0) is 9.23. The third-order valence-corrected chi connectivity index (χ3v) is 1.84. The van der Waals surface area contributed by atoms with E-state index in [0.29, 0.717) is 6.42 Å². The van der Waals surface area contributed by atoms with Crippen LogP contribution in [0, 0.1) is 5.92 Å². The summed E-state index contributed by atoms with van der Waals surface area (Å²) in [5.74, 6) is 0.922. The third kappa shape index (κ3) is 7.45. The Hall–Kier alpha value is -0.660. The normalized spacial score (nSPS) is 10.2. The Morgan fingerprint density at radius 1 is 1.08 bits per heavy atom. The van der Waals surface area contributed by atoms with Crippen LogP contribution in [0.3, 0.4) is 0 Å². The average molecular weight is 169 g/mol. The SMILES string of the molecule is C[C](C=O)CCCCCCC=O. The average Bonchev–Trinajstić information content (AvgIpc) is 2.10. The number of hydrogen-bond acceptors (Lipinski definition) is 2. The minimum absolute atomic E-state index is 0.677. The van der Waals surface area contributed by atoms with Crippen molar-refractivity contribution >= 4 is 12.6 Å². The molecule has 0 aliphatic carbocycles. The molecular weight excluding hydrogens is 152 g/mol. The third-order valence-electron chi connectivity index (χ3n) is 1.84. The van der Waals surface area contributed by atoms with Gasteiger partial charge in [-0.3, -0.25) is 0 Å². The van der Waals surface area contributed by atoms with E-state index < -0.39 is 0 Å². The van der Waals surface area contributed by atoms with Crippen LogP contribution in [-0.4, -0.2) is 12.6 Å². The van der Waals surface area contributed by atoms with Crippen LogP contribution in [-0.2, 0) is 9.59 Å². The molecule has 0 aliphatic heterocycles. The van der Waals surface area contributed by atoms with Crippen LogP contribution in [0.5, 0.6) is 0 Å². The van der Waals surface area contributed by atoms with E-state index in [0.717, 1.165) is 50.6 Å². The number of carbonyl (C=O) groups is 2. The van der Waals surface area contributed by atoms with Crippen molar-refractivity contribution < 1.29 is 9.59 Å². The molecule has 0 aromatic heterocycles. The van der Waals surface area contributed by atoms with Crippen molar-refractivity contribution in [3.8, 4) is 0 Å². The minimum Gasteiger partial charge on any atom is -0.303 e. The lowest BCUT2D eigenvalue weighted by atomic mass is 10.0. The summed E-state index contributed by atoms with van der Waals surface area (Å²) in [6.45, 7) is 1.86. The lowest BCUT2D eigenvalue weighted by Crippen LogP contribution is -1.92. The number of aldehydes is 2. The predicted octanol–water partition coefficient (Wildman–Crippen LogP) is 2.32. The van der Waals surface area contributed by atoms with Crippen LogP contribution in [0.15, 0.2) is 0 Å². The van der Waals surface area contributed by atoms with Crippen molar-refractivity contribution in [3.05, 3.63) is 5.92 Å². The largest absolute Gasteiger partial charge is 0.303 e. The molecule has 0 spiro atoms. The maximum Gasteiger partial charge on any atom is 0.126 e. The van der Waals surface area contributed by atoms with Gasteiger partial charge >= 0.3 is 0 Å². The Labute approximate surface area is 74.3 Å². The van der Waals surface area contributed by atoms with Gasteiger partial charge in [-0.15, -0.1) is 0 Å². The van der Waals surface area contributed by atoms with Crippen LogP contribution in [0.25, 0.3) is 0 Å². The van der Waals surface area contributed by atoms with Crippen molar-refractivity contribution in [3.63, 3.8) is 0 Å². The minimum atomic E-state index is 0.677. The molecule has 0 saturated carbocycles.